The summed E-state index contributed by atoms with van der Waals surface area (Å²) in [5, 5.41) is 1.89. The molecule has 6 heteroatoms. The zero-order chi connectivity index (χ0) is 15.0. The van der Waals surface area contributed by atoms with Crippen LogP contribution in [-0.2, 0) is 4.74 Å². The van der Waals surface area contributed by atoms with Crippen molar-refractivity contribution in [3.05, 3.63) is 10.4 Å². The molecule has 2 fully saturated rings. The maximum absolute atomic E-state index is 11.9. The van der Waals surface area contributed by atoms with E-state index in [1.165, 1.54) is 48.3 Å². The average Bonchev–Trinajstić information content (AvgIpc) is 3.29. The van der Waals surface area contributed by atoms with E-state index in [4.69, 9.17) is 10.5 Å². The zero-order valence-corrected chi connectivity index (χ0v) is 14.2. The highest BCUT2D eigenvalue weighted by molar-refractivity contribution is 8.00. The van der Waals surface area contributed by atoms with Crippen LogP contribution in [0.5, 0.6) is 0 Å². The Hall–Kier alpha value is -0.880. The van der Waals surface area contributed by atoms with E-state index in [-0.39, 0.29) is 5.97 Å². The van der Waals surface area contributed by atoms with Gasteiger partial charge in [0.25, 0.3) is 0 Å². The average molecular weight is 326 g/mol. The summed E-state index contributed by atoms with van der Waals surface area (Å²) in [6.45, 7) is 4.34. The highest BCUT2D eigenvalue weighted by Crippen LogP contribution is 2.52. The molecule has 4 nitrogen and oxygen atoms in total. The molecule has 1 unspecified atom stereocenters. The molecular formula is C15H22N2O2S2. The van der Waals surface area contributed by atoms with Gasteiger partial charge in [0, 0.05) is 29.7 Å². The number of methoxy groups -OCH3 is 1. The van der Waals surface area contributed by atoms with Crippen LogP contribution in [0.2, 0.25) is 0 Å². The van der Waals surface area contributed by atoms with Crippen molar-refractivity contribution in [2.75, 3.05) is 36.6 Å². The topological polar surface area (TPSA) is 55.6 Å². The molecule has 1 aromatic heterocycles. The molecule has 0 aromatic carbocycles. The van der Waals surface area contributed by atoms with Crippen molar-refractivity contribution in [3.63, 3.8) is 0 Å². The molecule has 3 rings (SSSR count). The van der Waals surface area contributed by atoms with Crippen LogP contribution in [0.3, 0.4) is 0 Å². The van der Waals surface area contributed by atoms with Gasteiger partial charge in [0.2, 0.25) is 0 Å². The molecular weight excluding hydrogens is 304 g/mol. The monoisotopic (exact) mass is 326 g/mol. The number of rotatable bonds is 4. The van der Waals surface area contributed by atoms with E-state index in [1.807, 2.05) is 0 Å². The lowest BCUT2D eigenvalue weighted by molar-refractivity contribution is 0.0607. The van der Waals surface area contributed by atoms with Crippen LogP contribution in [0.1, 0.15) is 47.3 Å². The molecule has 1 aliphatic heterocycles. The second-order valence-electron chi connectivity index (χ2n) is 5.68. The minimum absolute atomic E-state index is 0.302. The van der Waals surface area contributed by atoms with Crippen molar-refractivity contribution in [2.24, 2.45) is 0 Å². The number of nitrogens with two attached hydrogens (primary N) is 1. The molecule has 116 valence electrons. The molecule has 1 aliphatic carbocycles. The summed E-state index contributed by atoms with van der Waals surface area (Å²) < 4.78 is 4.88. The minimum atomic E-state index is -0.302. The maximum Gasteiger partial charge on any atom is 0.350 e. The number of thioether (sulfide) groups is 1. The Bertz CT molecular complexity index is 540. The molecule has 1 saturated heterocycles. The van der Waals surface area contributed by atoms with Gasteiger partial charge < -0.3 is 15.4 Å². The van der Waals surface area contributed by atoms with Gasteiger partial charge in [0.15, 0.2) is 0 Å². The fraction of sp³-hybridized carbons (Fsp3) is 0.667. The Morgan fingerprint density at radius 1 is 1.48 bits per heavy atom. The van der Waals surface area contributed by atoms with Crippen molar-refractivity contribution in [2.45, 2.75) is 37.4 Å². The van der Waals surface area contributed by atoms with Crippen LogP contribution in [0.25, 0.3) is 0 Å². The summed E-state index contributed by atoms with van der Waals surface area (Å²) in [4.78, 5) is 15.0. The Balaban J connectivity index is 1.95. The smallest absolute Gasteiger partial charge is 0.350 e. The van der Waals surface area contributed by atoms with E-state index in [9.17, 15) is 4.79 Å². The molecule has 1 aromatic rings. The van der Waals surface area contributed by atoms with E-state index in [0.29, 0.717) is 21.7 Å². The molecule has 21 heavy (non-hydrogen) atoms. The van der Waals surface area contributed by atoms with E-state index in [0.717, 1.165) is 18.8 Å². The van der Waals surface area contributed by atoms with Gasteiger partial charge in [-0.25, -0.2) is 4.79 Å². The molecule has 1 saturated carbocycles. The Kier molecular flexibility index (Phi) is 4.36. The van der Waals surface area contributed by atoms with Crippen LogP contribution in [0.4, 0.5) is 10.7 Å². The van der Waals surface area contributed by atoms with Gasteiger partial charge in [0.1, 0.15) is 4.88 Å². The fourth-order valence-corrected chi connectivity index (χ4v) is 5.28. The number of anilines is 2. The van der Waals surface area contributed by atoms with Crippen molar-refractivity contribution >= 4 is 39.8 Å². The lowest BCUT2D eigenvalue weighted by Gasteiger charge is -2.33. The van der Waals surface area contributed by atoms with Crippen molar-refractivity contribution in [1.29, 1.82) is 0 Å². The number of thiophene rings is 1. The second-order valence-corrected chi connectivity index (χ2v) is 8.08. The molecule has 2 N–H and O–H groups in total. The van der Waals surface area contributed by atoms with E-state index in [2.05, 4.69) is 23.6 Å². The Morgan fingerprint density at radius 3 is 2.86 bits per heavy atom. The van der Waals surface area contributed by atoms with E-state index in [1.54, 1.807) is 0 Å². The number of carbonyl (C=O) groups is 1. The quantitative estimate of drug-likeness (QED) is 0.860. The first kappa shape index (κ1) is 15.0. The Morgan fingerprint density at radius 2 is 2.24 bits per heavy atom. The summed E-state index contributed by atoms with van der Waals surface area (Å²) in [6, 6.07) is 0. The number of esters is 1. The van der Waals surface area contributed by atoms with Crippen LogP contribution in [0.15, 0.2) is 0 Å². The SMILES string of the molecule is CCC1CN(c2sc(C(=O)OC)c(N)c2C2CC2)CCS1. The fourth-order valence-electron chi connectivity index (χ4n) is 2.84. The van der Waals surface area contributed by atoms with Gasteiger partial charge in [-0.15, -0.1) is 11.3 Å². The molecule has 1 atom stereocenters. The Labute approximate surface area is 134 Å². The van der Waals surface area contributed by atoms with Crippen molar-refractivity contribution < 1.29 is 9.53 Å². The van der Waals surface area contributed by atoms with Gasteiger partial charge in [-0.1, -0.05) is 6.92 Å². The summed E-state index contributed by atoms with van der Waals surface area (Å²) in [6.07, 6.45) is 3.56. The highest BCUT2D eigenvalue weighted by Gasteiger charge is 2.35. The van der Waals surface area contributed by atoms with Crippen LogP contribution < -0.4 is 10.6 Å². The number of ether oxygens (including phenoxy) is 1. The molecule has 0 radical (unpaired) electrons. The normalized spacial score (nSPS) is 22.4. The standard InChI is InChI=1S/C15H22N2O2S2/c1-3-10-8-17(6-7-20-10)14-11(9-4-5-9)12(16)13(21-14)15(18)19-2/h9-10H,3-8,16H2,1-2H3. The predicted octanol–water partition coefficient (Wildman–Crippen LogP) is 3.33. The largest absolute Gasteiger partial charge is 0.465 e. The van der Waals surface area contributed by atoms with E-state index < -0.39 is 0 Å². The summed E-state index contributed by atoms with van der Waals surface area (Å²) >= 11 is 3.58. The van der Waals surface area contributed by atoms with Gasteiger partial charge >= 0.3 is 5.97 Å². The maximum atomic E-state index is 11.9. The lowest BCUT2D eigenvalue weighted by atomic mass is 10.1. The van der Waals surface area contributed by atoms with E-state index >= 15 is 0 Å². The third kappa shape index (κ3) is 2.88. The summed E-state index contributed by atoms with van der Waals surface area (Å²) in [5.41, 5.74) is 8.15. The zero-order valence-electron chi connectivity index (χ0n) is 12.6. The van der Waals surface area contributed by atoms with Gasteiger partial charge in [-0.05, 0) is 25.2 Å². The van der Waals surface area contributed by atoms with Crippen LogP contribution in [0, 0.1) is 0 Å². The highest BCUT2D eigenvalue weighted by atomic mass is 32.2. The van der Waals surface area contributed by atoms with Crippen LogP contribution in [-0.4, -0.2) is 37.2 Å². The molecule has 0 spiro atoms. The summed E-state index contributed by atoms with van der Waals surface area (Å²) in [7, 11) is 1.42. The molecule has 0 amide bonds. The molecule has 0 bridgehead atoms. The molecule has 2 aliphatic rings. The van der Waals surface area contributed by atoms with Crippen molar-refractivity contribution in [1.82, 2.24) is 0 Å². The second kappa shape index (κ2) is 6.08. The lowest BCUT2D eigenvalue weighted by Crippen LogP contribution is -2.37. The predicted molar refractivity (Wildman–Crippen MR) is 90.8 cm³/mol. The number of nitrogen functional groups attached to an aromatic ring is 1. The van der Waals surface area contributed by atoms with Crippen molar-refractivity contribution in [3.8, 4) is 0 Å². The van der Waals surface area contributed by atoms with Crippen LogP contribution >= 0.6 is 23.1 Å². The van der Waals surface area contributed by atoms with Gasteiger partial charge in [-0.3, -0.25) is 0 Å². The summed E-state index contributed by atoms with van der Waals surface area (Å²) in [5.74, 6) is 1.39. The van der Waals surface area contributed by atoms with Gasteiger partial charge in [-0.2, -0.15) is 11.8 Å². The molecule has 2 heterocycles. The first-order valence-electron chi connectivity index (χ1n) is 7.52. The number of hydrogen-bond acceptors (Lipinski definition) is 6. The number of nitrogens with zero attached hydrogens (tertiary/aromatic N) is 1. The number of carbonyl (C=O) groups excluding carboxylic acids is 1. The number of hydrogen-bond donors (Lipinski definition) is 1. The van der Waals surface area contributed by atoms with Gasteiger partial charge in [0.05, 0.1) is 17.8 Å². The third-order valence-electron chi connectivity index (χ3n) is 4.20. The minimum Gasteiger partial charge on any atom is -0.465 e. The third-order valence-corrected chi connectivity index (χ3v) is 6.84. The first-order chi connectivity index (χ1) is 10.2. The first-order valence-corrected chi connectivity index (χ1v) is 9.39.